The molecule has 2 N–H and O–H groups in total. The minimum atomic E-state index is -5.08. The number of aliphatic carboxylic acids is 1. The lowest BCUT2D eigenvalue weighted by atomic mass is 10.1. The van der Waals surface area contributed by atoms with Gasteiger partial charge in [0, 0.05) is 12.4 Å². The third-order valence-corrected chi connectivity index (χ3v) is 2.96. The zero-order valence-corrected chi connectivity index (χ0v) is 13.2. The summed E-state index contributed by atoms with van der Waals surface area (Å²) in [4.78, 5) is 12.9. The number of phenolic OH excluding ortho intramolecular Hbond substituents is 1. The summed E-state index contributed by atoms with van der Waals surface area (Å²) in [6.07, 6.45) is -1.77. The number of alkyl halides is 3. The predicted octanol–water partition coefficient (Wildman–Crippen LogP) is 3.45. The number of nitrogens with zero attached hydrogens (tertiary/aromatic N) is 3. The summed E-state index contributed by atoms with van der Waals surface area (Å²) in [6, 6.07) is 8.92. The molecule has 26 heavy (non-hydrogen) atoms. The fraction of sp³-hybridized carbons (Fsp3) is 0.125. The van der Waals surface area contributed by atoms with Crippen LogP contribution in [0.2, 0.25) is 0 Å². The number of aromatic nitrogens is 3. The van der Waals surface area contributed by atoms with E-state index in [1.807, 2.05) is 19.1 Å². The van der Waals surface area contributed by atoms with Crippen molar-refractivity contribution in [3.8, 4) is 28.7 Å². The first-order chi connectivity index (χ1) is 12.2. The van der Waals surface area contributed by atoms with E-state index in [0.29, 0.717) is 11.5 Å². The van der Waals surface area contributed by atoms with Crippen LogP contribution in [0.1, 0.15) is 5.56 Å². The van der Waals surface area contributed by atoms with Crippen LogP contribution in [-0.2, 0) is 4.79 Å². The maximum absolute atomic E-state index is 10.6. The van der Waals surface area contributed by atoms with Crippen molar-refractivity contribution < 1.29 is 32.6 Å². The third-order valence-electron chi connectivity index (χ3n) is 2.96. The largest absolute Gasteiger partial charge is 0.507 e. The van der Waals surface area contributed by atoms with E-state index in [1.165, 1.54) is 0 Å². The molecule has 0 spiro atoms. The van der Waals surface area contributed by atoms with Gasteiger partial charge in [0.15, 0.2) is 0 Å². The summed E-state index contributed by atoms with van der Waals surface area (Å²) in [6.45, 7) is 1.90. The van der Waals surface area contributed by atoms with E-state index in [4.69, 9.17) is 14.3 Å². The van der Waals surface area contributed by atoms with Crippen LogP contribution >= 0.6 is 0 Å². The Hall–Kier alpha value is -3.43. The number of rotatable bonds is 2. The first-order valence-electron chi connectivity index (χ1n) is 7.02. The summed E-state index contributed by atoms with van der Waals surface area (Å²) >= 11 is 0. The lowest BCUT2D eigenvalue weighted by molar-refractivity contribution is -0.192. The van der Waals surface area contributed by atoms with E-state index >= 15 is 0 Å². The van der Waals surface area contributed by atoms with E-state index in [0.717, 1.165) is 11.1 Å². The SMILES string of the molecule is Cc1ccc(-c2nnc(-c3cccnc3)o2)c(O)c1.O=C(O)C(F)(F)F. The van der Waals surface area contributed by atoms with Gasteiger partial charge in [-0.05, 0) is 36.8 Å². The molecule has 1 aromatic carbocycles. The average Bonchev–Trinajstić information content (AvgIpc) is 3.05. The van der Waals surface area contributed by atoms with Gasteiger partial charge in [0.25, 0.3) is 5.89 Å². The summed E-state index contributed by atoms with van der Waals surface area (Å²) in [5.41, 5.74) is 2.23. The number of carboxylic acids is 1. The molecule has 2 heterocycles. The Morgan fingerprint density at radius 2 is 1.81 bits per heavy atom. The van der Waals surface area contributed by atoms with Crippen LogP contribution in [0.4, 0.5) is 13.2 Å². The van der Waals surface area contributed by atoms with Crippen molar-refractivity contribution in [1.29, 1.82) is 0 Å². The van der Waals surface area contributed by atoms with Gasteiger partial charge in [0.1, 0.15) is 5.75 Å². The van der Waals surface area contributed by atoms with Crippen LogP contribution < -0.4 is 0 Å². The first kappa shape index (κ1) is 18.9. The van der Waals surface area contributed by atoms with Crippen molar-refractivity contribution in [2.75, 3.05) is 0 Å². The monoisotopic (exact) mass is 367 g/mol. The van der Waals surface area contributed by atoms with Gasteiger partial charge >= 0.3 is 12.1 Å². The maximum Gasteiger partial charge on any atom is 0.490 e. The zero-order chi connectivity index (χ0) is 19.3. The van der Waals surface area contributed by atoms with Gasteiger partial charge in [-0.15, -0.1) is 10.2 Å². The number of aromatic hydroxyl groups is 1. The van der Waals surface area contributed by atoms with Gasteiger partial charge < -0.3 is 14.6 Å². The average molecular weight is 367 g/mol. The van der Waals surface area contributed by atoms with Crippen molar-refractivity contribution >= 4 is 5.97 Å². The molecule has 0 aliphatic rings. The highest BCUT2D eigenvalue weighted by atomic mass is 19.4. The molecule has 3 rings (SSSR count). The molecule has 0 fully saturated rings. The van der Waals surface area contributed by atoms with E-state index in [-0.39, 0.29) is 11.6 Å². The van der Waals surface area contributed by atoms with Crippen molar-refractivity contribution in [3.63, 3.8) is 0 Å². The summed E-state index contributed by atoms with van der Waals surface area (Å²) < 4.78 is 37.3. The molecule has 0 bridgehead atoms. The standard InChI is InChI=1S/C14H11N3O2.C2HF3O2/c1-9-4-5-11(12(18)7-9)14-17-16-13(19-14)10-3-2-6-15-8-10;3-2(4,5)1(6)7/h2-8,18H,1H3;(H,6,7). The number of benzene rings is 1. The van der Waals surface area contributed by atoms with Crippen LogP contribution in [0.5, 0.6) is 5.75 Å². The Bertz CT molecular complexity index is 895. The van der Waals surface area contributed by atoms with E-state index < -0.39 is 12.1 Å². The zero-order valence-electron chi connectivity index (χ0n) is 13.2. The van der Waals surface area contributed by atoms with Gasteiger partial charge in [-0.2, -0.15) is 13.2 Å². The van der Waals surface area contributed by atoms with Crippen LogP contribution in [-0.4, -0.2) is 37.5 Å². The fourth-order valence-electron chi connectivity index (χ4n) is 1.76. The number of carboxylic acid groups (broad SMARTS) is 1. The van der Waals surface area contributed by atoms with Crippen molar-refractivity contribution in [3.05, 3.63) is 48.3 Å². The molecule has 0 aliphatic heterocycles. The van der Waals surface area contributed by atoms with Crippen molar-refractivity contribution in [2.45, 2.75) is 13.1 Å². The number of pyridine rings is 1. The number of hydrogen-bond acceptors (Lipinski definition) is 6. The minimum absolute atomic E-state index is 0.126. The number of phenols is 1. The Labute approximate surface area is 144 Å². The number of aryl methyl sites for hydroxylation is 1. The van der Waals surface area contributed by atoms with Gasteiger partial charge in [-0.1, -0.05) is 6.07 Å². The molecule has 0 saturated carbocycles. The number of carbonyl (C=O) groups is 1. The second-order valence-electron chi connectivity index (χ2n) is 4.98. The molecule has 0 atom stereocenters. The van der Waals surface area contributed by atoms with Gasteiger partial charge in [-0.3, -0.25) is 4.98 Å². The highest BCUT2D eigenvalue weighted by molar-refractivity contribution is 5.73. The summed E-state index contributed by atoms with van der Waals surface area (Å²) in [5, 5.41) is 24.9. The van der Waals surface area contributed by atoms with Gasteiger partial charge in [-0.25, -0.2) is 4.79 Å². The smallest absolute Gasteiger partial charge is 0.490 e. The van der Waals surface area contributed by atoms with Crippen molar-refractivity contribution in [1.82, 2.24) is 15.2 Å². The lowest BCUT2D eigenvalue weighted by Gasteiger charge is -2.00. The van der Waals surface area contributed by atoms with Crippen molar-refractivity contribution in [2.24, 2.45) is 0 Å². The summed E-state index contributed by atoms with van der Waals surface area (Å²) in [7, 11) is 0. The quantitative estimate of drug-likeness (QED) is 0.714. The fourth-order valence-corrected chi connectivity index (χ4v) is 1.76. The Morgan fingerprint density at radius 3 is 2.35 bits per heavy atom. The van der Waals surface area contributed by atoms with E-state index in [2.05, 4.69) is 15.2 Å². The topological polar surface area (TPSA) is 109 Å². The molecule has 0 radical (unpaired) electrons. The van der Waals surface area contributed by atoms with E-state index in [1.54, 1.807) is 30.6 Å². The minimum Gasteiger partial charge on any atom is -0.507 e. The van der Waals surface area contributed by atoms with E-state index in [9.17, 15) is 18.3 Å². The Kier molecular flexibility index (Phi) is 5.55. The molecule has 0 saturated heterocycles. The molecule has 0 amide bonds. The van der Waals surface area contributed by atoms with Gasteiger partial charge in [0.2, 0.25) is 5.89 Å². The lowest BCUT2D eigenvalue weighted by Crippen LogP contribution is -2.21. The molecule has 136 valence electrons. The van der Waals surface area contributed by atoms with Crippen LogP contribution in [0, 0.1) is 6.92 Å². The molecular weight excluding hydrogens is 355 g/mol. The first-order valence-corrected chi connectivity index (χ1v) is 7.02. The number of hydrogen-bond donors (Lipinski definition) is 2. The van der Waals surface area contributed by atoms with Crippen LogP contribution in [0.15, 0.2) is 47.1 Å². The highest BCUT2D eigenvalue weighted by Gasteiger charge is 2.38. The second kappa shape index (κ2) is 7.64. The summed E-state index contributed by atoms with van der Waals surface area (Å²) in [5.74, 6) is -1.96. The predicted molar refractivity (Wildman–Crippen MR) is 83.1 cm³/mol. The molecule has 0 unspecified atom stereocenters. The third kappa shape index (κ3) is 4.79. The highest BCUT2D eigenvalue weighted by Crippen LogP contribution is 2.30. The Morgan fingerprint density at radius 1 is 1.15 bits per heavy atom. The molecule has 2 aromatic heterocycles. The normalized spacial score (nSPS) is 10.8. The van der Waals surface area contributed by atoms with Crippen LogP contribution in [0.25, 0.3) is 22.9 Å². The molecule has 0 aliphatic carbocycles. The van der Waals surface area contributed by atoms with Gasteiger partial charge in [0.05, 0.1) is 11.1 Å². The maximum atomic E-state index is 10.6. The second-order valence-corrected chi connectivity index (χ2v) is 4.98. The van der Waals surface area contributed by atoms with Crippen LogP contribution in [0.3, 0.4) is 0 Å². The Balaban J connectivity index is 0.000000298. The molecule has 10 heteroatoms. The number of halogens is 3. The molecule has 3 aromatic rings. The molecule has 7 nitrogen and oxygen atoms in total. The molecular formula is C16H12F3N3O4.